The highest BCUT2D eigenvalue weighted by Gasteiger charge is 1.92. The van der Waals surface area contributed by atoms with Crippen LogP contribution >= 0.6 is 0 Å². The van der Waals surface area contributed by atoms with Gasteiger partial charge in [-0.2, -0.15) is 0 Å². The van der Waals surface area contributed by atoms with Gasteiger partial charge in [-0.05, 0) is 30.3 Å². The number of hydrogen-bond acceptors (Lipinski definition) is 1. The van der Waals surface area contributed by atoms with Gasteiger partial charge in [0.1, 0.15) is 11.5 Å². The van der Waals surface area contributed by atoms with Crippen LogP contribution in [0, 0.1) is 6.07 Å². The fraction of sp³-hybridized carbons (Fsp3) is 0. The van der Waals surface area contributed by atoms with E-state index in [1.54, 1.807) is 0 Å². The first-order valence-electron chi connectivity index (χ1n) is 4.14. The molecule has 0 saturated heterocycles. The van der Waals surface area contributed by atoms with E-state index in [2.05, 4.69) is 6.07 Å². The van der Waals surface area contributed by atoms with Crippen LogP contribution in [0.4, 0.5) is 0 Å². The maximum absolute atomic E-state index is 5.56. The molecule has 1 nitrogen and oxygen atoms in total. The van der Waals surface area contributed by atoms with E-state index in [-0.39, 0.29) is 17.4 Å². The second-order valence-electron chi connectivity index (χ2n) is 2.65. The topological polar surface area (TPSA) is 9.23 Å². The molecule has 2 rings (SSSR count). The van der Waals surface area contributed by atoms with Gasteiger partial charge in [-0.3, -0.25) is 0 Å². The van der Waals surface area contributed by atoms with Gasteiger partial charge in [-0.25, -0.2) is 0 Å². The average molecular weight is 199 g/mol. The molecule has 0 amide bonds. The lowest BCUT2D eigenvalue weighted by Crippen LogP contribution is -1.81. The van der Waals surface area contributed by atoms with Crippen molar-refractivity contribution in [3.63, 3.8) is 0 Å². The minimum absolute atomic E-state index is 0. The SMILES string of the molecule is [AlH3].[c]1ccc(Oc2ccccc2)cc1. The Labute approximate surface area is 94.5 Å². The predicted molar refractivity (Wildman–Crippen MR) is 61.7 cm³/mol. The molecule has 14 heavy (non-hydrogen) atoms. The Hall–Kier alpha value is -1.23. The zero-order valence-electron chi connectivity index (χ0n) is 7.10. The Bertz CT molecular complexity index is 321. The third-order valence-electron chi connectivity index (χ3n) is 1.67. The maximum atomic E-state index is 5.56. The molecule has 0 aliphatic carbocycles. The first-order valence-corrected chi connectivity index (χ1v) is 4.14. The fourth-order valence-electron chi connectivity index (χ4n) is 1.06. The van der Waals surface area contributed by atoms with E-state index < -0.39 is 0 Å². The van der Waals surface area contributed by atoms with E-state index in [0.29, 0.717) is 0 Å². The lowest BCUT2D eigenvalue weighted by molar-refractivity contribution is 0.482. The summed E-state index contributed by atoms with van der Waals surface area (Å²) in [6, 6.07) is 20.1. The molecular weight excluding hydrogens is 187 g/mol. The average Bonchev–Trinajstić information content (AvgIpc) is 2.21. The van der Waals surface area contributed by atoms with Crippen molar-refractivity contribution in [2.24, 2.45) is 0 Å². The maximum Gasteiger partial charge on any atom is 0.187 e. The summed E-state index contributed by atoms with van der Waals surface area (Å²) in [5.74, 6) is 1.69. The van der Waals surface area contributed by atoms with Crippen molar-refractivity contribution in [3.05, 3.63) is 60.7 Å². The van der Waals surface area contributed by atoms with Crippen molar-refractivity contribution >= 4 is 17.4 Å². The van der Waals surface area contributed by atoms with Crippen molar-refractivity contribution in [1.29, 1.82) is 0 Å². The van der Waals surface area contributed by atoms with Crippen LogP contribution in [0.2, 0.25) is 0 Å². The number of hydrogen-bond donors (Lipinski definition) is 0. The van der Waals surface area contributed by atoms with Crippen molar-refractivity contribution < 1.29 is 4.74 Å². The van der Waals surface area contributed by atoms with E-state index in [0.717, 1.165) is 11.5 Å². The van der Waals surface area contributed by atoms with Gasteiger partial charge in [0.2, 0.25) is 0 Å². The number of benzene rings is 2. The van der Waals surface area contributed by atoms with E-state index in [1.165, 1.54) is 0 Å². The van der Waals surface area contributed by atoms with E-state index in [4.69, 9.17) is 4.74 Å². The lowest BCUT2D eigenvalue weighted by atomic mass is 10.3. The number of ether oxygens (including phenoxy) is 1. The summed E-state index contributed by atoms with van der Waals surface area (Å²) in [6.07, 6.45) is 0. The third-order valence-corrected chi connectivity index (χ3v) is 1.67. The van der Waals surface area contributed by atoms with Gasteiger partial charge in [0.15, 0.2) is 17.4 Å². The molecule has 69 valence electrons. The highest BCUT2D eigenvalue weighted by molar-refractivity contribution is 5.75. The Morgan fingerprint density at radius 3 is 2.00 bits per heavy atom. The van der Waals surface area contributed by atoms with E-state index in [9.17, 15) is 0 Å². The Kier molecular flexibility index (Phi) is 4.26. The first kappa shape index (κ1) is 10.9. The molecule has 0 spiro atoms. The summed E-state index contributed by atoms with van der Waals surface area (Å²) < 4.78 is 5.56. The molecule has 0 aromatic heterocycles. The van der Waals surface area contributed by atoms with Gasteiger partial charge >= 0.3 is 0 Å². The van der Waals surface area contributed by atoms with Crippen LogP contribution in [-0.2, 0) is 0 Å². The number of para-hydroxylation sites is 1. The molecule has 0 saturated carbocycles. The molecule has 1 radical (unpaired) electrons. The summed E-state index contributed by atoms with van der Waals surface area (Å²) in [4.78, 5) is 0. The smallest absolute Gasteiger partial charge is 0.187 e. The van der Waals surface area contributed by atoms with Crippen LogP contribution in [0.1, 0.15) is 0 Å². The van der Waals surface area contributed by atoms with Gasteiger partial charge in [0.05, 0.1) is 0 Å². The molecule has 0 atom stereocenters. The standard InChI is InChI=1S/C12H9O.Al.3H/c1-3-7-11(8-4-1)13-12-9-5-2-6-10-12;;;;/h1,3-10H;;;;. The van der Waals surface area contributed by atoms with Crippen molar-refractivity contribution in [2.75, 3.05) is 0 Å². The summed E-state index contributed by atoms with van der Waals surface area (Å²) >= 11 is 0. The van der Waals surface area contributed by atoms with Crippen molar-refractivity contribution in [1.82, 2.24) is 0 Å². The minimum atomic E-state index is 0. The van der Waals surface area contributed by atoms with Crippen LogP contribution in [-0.4, -0.2) is 17.4 Å². The summed E-state index contributed by atoms with van der Waals surface area (Å²) in [5, 5.41) is 0. The zero-order chi connectivity index (χ0) is 8.93. The lowest BCUT2D eigenvalue weighted by Gasteiger charge is -2.03. The Morgan fingerprint density at radius 1 is 0.786 bits per heavy atom. The van der Waals surface area contributed by atoms with Crippen molar-refractivity contribution in [2.45, 2.75) is 0 Å². The van der Waals surface area contributed by atoms with Crippen LogP contribution in [0.3, 0.4) is 0 Å². The largest absolute Gasteiger partial charge is 0.457 e. The molecule has 2 aromatic carbocycles. The normalized spacial score (nSPS) is 8.86. The molecule has 0 heterocycles. The fourth-order valence-corrected chi connectivity index (χ4v) is 1.06. The number of rotatable bonds is 2. The molecule has 0 aliphatic heterocycles. The monoisotopic (exact) mass is 199 g/mol. The highest BCUT2D eigenvalue weighted by Crippen LogP contribution is 2.19. The highest BCUT2D eigenvalue weighted by atomic mass is 27.0. The van der Waals surface area contributed by atoms with Crippen LogP contribution in [0.15, 0.2) is 54.6 Å². The minimum Gasteiger partial charge on any atom is -0.457 e. The predicted octanol–water partition coefficient (Wildman–Crippen LogP) is 2.10. The Balaban J connectivity index is 0.000000980. The van der Waals surface area contributed by atoms with Gasteiger partial charge in [0, 0.05) is 0 Å². The molecule has 0 aliphatic rings. The van der Waals surface area contributed by atoms with Crippen molar-refractivity contribution in [3.8, 4) is 11.5 Å². The quantitative estimate of drug-likeness (QED) is 0.673. The summed E-state index contributed by atoms with van der Waals surface area (Å²) in [7, 11) is 0. The van der Waals surface area contributed by atoms with E-state index >= 15 is 0 Å². The van der Waals surface area contributed by atoms with Gasteiger partial charge in [-0.1, -0.05) is 30.3 Å². The molecular formula is C12H12AlO. The second kappa shape index (κ2) is 5.49. The summed E-state index contributed by atoms with van der Waals surface area (Å²) in [5.41, 5.74) is 0. The van der Waals surface area contributed by atoms with Crippen LogP contribution in [0.25, 0.3) is 0 Å². The zero-order valence-corrected chi connectivity index (χ0v) is 7.10. The van der Waals surface area contributed by atoms with Crippen LogP contribution in [0.5, 0.6) is 11.5 Å². The van der Waals surface area contributed by atoms with E-state index in [1.807, 2.05) is 54.6 Å². The molecule has 0 N–H and O–H groups in total. The van der Waals surface area contributed by atoms with Gasteiger partial charge in [-0.15, -0.1) is 0 Å². The third kappa shape index (κ3) is 2.92. The molecule has 0 bridgehead atoms. The van der Waals surface area contributed by atoms with Gasteiger partial charge in [0.25, 0.3) is 0 Å². The Morgan fingerprint density at radius 2 is 1.36 bits per heavy atom. The molecule has 0 fully saturated rings. The second-order valence-corrected chi connectivity index (χ2v) is 2.65. The molecule has 2 aromatic rings. The molecule has 2 heteroatoms. The molecule has 0 unspecified atom stereocenters. The van der Waals surface area contributed by atoms with Gasteiger partial charge < -0.3 is 4.74 Å². The van der Waals surface area contributed by atoms with Crippen LogP contribution < -0.4 is 4.74 Å². The summed E-state index contributed by atoms with van der Waals surface area (Å²) in [6.45, 7) is 0. The first-order chi connectivity index (χ1) is 6.45.